The molecule has 0 aromatic rings. The molecule has 0 aliphatic carbocycles. The zero-order valence-electron chi connectivity index (χ0n) is 10.1. The van der Waals surface area contributed by atoms with E-state index in [9.17, 15) is 9.59 Å². The van der Waals surface area contributed by atoms with Crippen molar-refractivity contribution in [2.75, 3.05) is 13.6 Å². The molecule has 0 rings (SSSR count). The summed E-state index contributed by atoms with van der Waals surface area (Å²) in [4.78, 5) is 23.0. The molecule has 94 valence electrons. The van der Waals surface area contributed by atoms with Crippen LogP contribution in [-0.2, 0) is 9.53 Å². The molecule has 1 unspecified atom stereocenters. The highest BCUT2D eigenvalue weighted by Gasteiger charge is 2.21. The van der Waals surface area contributed by atoms with Gasteiger partial charge in [0.05, 0.1) is 0 Å². The van der Waals surface area contributed by atoms with E-state index in [0.29, 0.717) is 0 Å². The summed E-state index contributed by atoms with van der Waals surface area (Å²) in [7, 11) is 1.49. The van der Waals surface area contributed by atoms with Gasteiger partial charge in [0.15, 0.2) is 6.10 Å². The van der Waals surface area contributed by atoms with Crippen LogP contribution in [0.4, 0.5) is 4.79 Å². The topological polar surface area (TPSA) is 87.1 Å². The summed E-state index contributed by atoms with van der Waals surface area (Å²) in [5.41, 5.74) is -0.587. The highest BCUT2D eigenvalue weighted by atomic mass is 16.6. The van der Waals surface area contributed by atoms with Crippen LogP contribution in [0.1, 0.15) is 27.2 Å². The second-order valence-electron chi connectivity index (χ2n) is 4.54. The van der Waals surface area contributed by atoms with E-state index in [1.54, 1.807) is 20.8 Å². The van der Waals surface area contributed by atoms with Gasteiger partial charge in [0.25, 0.3) is 0 Å². The number of rotatable bonds is 4. The summed E-state index contributed by atoms with van der Waals surface area (Å²) >= 11 is 0. The molecule has 6 heteroatoms. The molecule has 0 bridgehead atoms. The summed E-state index contributed by atoms with van der Waals surface area (Å²) in [5.74, 6) is -1.29. The highest BCUT2D eigenvalue weighted by Crippen LogP contribution is 2.09. The number of carboxylic acids is 1. The summed E-state index contributed by atoms with van der Waals surface area (Å²) in [6, 6.07) is 0. The molecule has 0 aliphatic rings. The van der Waals surface area contributed by atoms with Crippen molar-refractivity contribution in [2.24, 2.45) is 0 Å². The fraction of sp³-hybridized carbons (Fsp3) is 0.800. The Bertz CT molecular complexity index is 258. The quantitative estimate of drug-likeness (QED) is 0.746. The van der Waals surface area contributed by atoms with Gasteiger partial charge in [-0.3, -0.25) is 0 Å². The van der Waals surface area contributed by atoms with Gasteiger partial charge in [0.1, 0.15) is 5.60 Å². The second-order valence-corrected chi connectivity index (χ2v) is 4.54. The van der Waals surface area contributed by atoms with Crippen molar-refractivity contribution in [3.05, 3.63) is 0 Å². The fourth-order valence-electron chi connectivity index (χ4n) is 0.871. The zero-order chi connectivity index (χ0) is 12.9. The number of nitrogens with zero attached hydrogens (tertiary/aromatic N) is 1. The molecule has 0 fully saturated rings. The second kappa shape index (κ2) is 5.69. The van der Waals surface area contributed by atoms with Crippen molar-refractivity contribution in [1.82, 2.24) is 4.90 Å². The van der Waals surface area contributed by atoms with Gasteiger partial charge in [-0.05, 0) is 20.8 Å². The molecule has 16 heavy (non-hydrogen) atoms. The number of aliphatic carboxylic acids is 1. The predicted molar refractivity (Wildman–Crippen MR) is 57.1 cm³/mol. The molecule has 0 saturated heterocycles. The first-order valence-electron chi connectivity index (χ1n) is 4.98. The summed E-state index contributed by atoms with van der Waals surface area (Å²) in [6.07, 6.45) is -2.01. The van der Waals surface area contributed by atoms with Crippen LogP contribution in [0.15, 0.2) is 0 Å². The van der Waals surface area contributed by atoms with Crippen LogP contribution in [0.25, 0.3) is 0 Å². The van der Waals surface area contributed by atoms with Crippen molar-refractivity contribution in [3.8, 4) is 0 Å². The van der Waals surface area contributed by atoms with Crippen molar-refractivity contribution < 1.29 is 24.5 Å². The van der Waals surface area contributed by atoms with Gasteiger partial charge in [-0.2, -0.15) is 0 Å². The largest absolute Gasteiger partial charge is 0.479 e. The maximum Gasteiger partial charge on any atom is 0.410 e. The van der Waals surface area contributed by atoms with Gasteiger partial charge in [-0.15, -0.1) is 0 Å². The molecule has 0 heterocycles. The van der Waals surface area contributed by atoms with Crippen LogP contribution in [0.2, 0.25) is 0 Å². The normalized spacial score (nSPS) is 13.1. The van der Waals surface area contributed by atoms with Crippen molar-refractivity contribution >= 4 is 12.1 Å². The van der Waals surface area contributed by atoms with E-state index in [4.69, 9.17) is 14.9 Å². The number of carbonyl (C=O) groups is 2. The number of ether oxygens (including phenoxy) is 1. The Balaban J connectivity index is 4.02. The number of aliphatic hydroxyl groups is 1. The molecule has 2 N–H and O–H groups in total. The average Bonchev–Trinajstić information content (AvgIpc) is 2.10. The van der Waals surface area contributed by atoms with Crippen molar-refractivity contribution in [1.29, 1.82) is 0 Å². The first kappa shape index (κ1) is 14.7. The molecule has 0 radical (unpaired) electrons. The lowest BCUT2D eigenvalue weighted by atomic mass is 10.2. The lowest BCUT2D eigenvalue weighted by molar-refractivity contribution is -0.147. The molecule has 6 nitrogen and oxygen atoms in total. The van der Waals surface area contributed by atoms with E-state index in [1.807, 2.05) is 0 Å². The van der Waals surface area contributed by atoms with E-state index in [-0.39, 0.29) is 13.0 Å². The Labute approximate surface area is 94.8 Å². The Kier molecular flexibility index (Phi) is 5.23. The maximum absolute atomic E-state index is 11.4. The molecule has 0 saturated carbocycles. The minimum Gasteiger partial charge on any atom is -0.479 e. The van der Waals surface area contributed by atoms with Crippen LogP contribution in [0.5, 0.6) is 0 Å². The fourth-order valence-corrected chi connectivity index (χ4v) is 0.871. The van der Waals surface area contributed by atoms with E-state index in [2.05, 4.69) is 0 Å². The monoisotopic (exact) mass is 233 g/mol. The van der Waals surface area contributed by atoms with Gasteiger partial charge in [0, 0.05) is 20.0 Å². The number of carboxylic acid groups (broad SMARTS) is 1. The molecular formula is C10H19NO5. The van der Waals surface area contributed by atoms with E-state index < -0.39 is 23.8 Å². The predicted octanol–water partition coefficient (Wildman–Crippen LogP) is 0.689. The summed E-state index contributed by atoms with van der Waals surface area (Å²) < 4.78 is 5.05. The lowest BCUT2D eigenvalue weighted by Crippen LogP contribution is -2.36. The third-order valence-corrected chi connectivity index (χ3v) is 1.73. The van der Waals surface area contributed by atoms with Crippen LogP contribution >= 0.6 is 0 Å². The van der Waals surface area contributed by atoms with Crippen LogP contribution in [0, 0.1) is 0 Å². The highest BCUT2D eigenvalue weighted by molar-refractivity contribution is 5.72. The van der Waals surface area contributed by atoms with Gasteiger partial charge in [-0.1, -0.05) is 0 Å². The van der Waals surface area contributed by atoms with Gasteiger partial charge < -0.3 is 19.8 Å². The Morgan fingerprint density at radius 3 is 2.25 bits per heavy atom. The third kappa shape index (κ3) is 6.23. The molecule has 0 spiro atoms. The minimum absolute atomic E-state index is 0.0227. The SMILES string of the molecule is CN(CCC(O)C(=O)O)C(=O)OC(C)(C)C. The molecule has 0 aromatic heterocycles. The Morgan fingerprint density at radius 1 is 1.38 bits per heavy atom. The number of hydrogen-bond donors (Lipinski definition) is 2. The minimum atomic E-state index is -1.45. The first-order valence-corrected chi connectivity index (χ1v) is 4.98. The van der Waals surface area contributed by atoms with Crippen molar-refractivity contribution in [3.63, 3.8) is 0 Å². The van der Waals surface area contributed by atoms with Gasteiger partial charge >= 0.3 is 12.1 Å². The standard InChI is InChI=1S/C10H19NO5/c1-10(2,3)16-9(15)11(4)6-5-7(12)8(13)14/h7,12H,5-6H2,1-4H3,(H,13,14). The Hall–Kier alpha value is -1.30. The Morgan fingerprint density at radius 2 is 1.88 bits per heavy atom. The number of hydrogen-bond acceptors (Lipinski definition) is 4. The summed E-state index contributed by atoms with van der Waals surface area (Å²) in [6.45, 7) is 5.35. The van der Waals surface area contributed by atoms with E-state index in [0.717, 1.165) is 0 Å². The van der Waals surface area contributed by atoms with Crippen LogP contribution in [-0.4, -0.2) is 52.5 Å². The zero-order valence-corrected chi connectivity index (χ0v) is 10.1. The van der Waals surface area contributed by atoms with Crippen LogP contribution < -0.4 is 0 Å². The third-order valence-electron chi connectivity index (χ3n) is 1.73. The molecule has 0 aromatic carbocycles. The van der Waals surface area contributed by atoms with Gasteiger partial charge in [0.2, 0.25) is 0 Å². The molecule has 1 amide bonds. The van der Waals surface area contributed by atoms with E-state index in [1.165, 1.54) is 11.9 Å². The number of aliphatic hydroxyl groups excluding tert-OH is 1. The van der Waals surface area contributed by atoms with Gasteiger partial charge in [-0.25, -0.2) is 9.59 Å². The lowest BCUT2D eigenvalue weighted by Gasteiger charge is -2.24. The van der Waals surface area contributed by atoms with E-state index >= 15 is 0 Å². The smallest absolute Gasteiger partial charge is 0.410 e. The first-order chi connectivity index (χ1) is 7.13. The summed E-state index contributed by atoms with van der Waals surface area (Å²) in [5, 5.41) is 17.4. The van der Waals surface area contributed by atoms with Crippen molar-refractivity contribution in [2.45, 2.75) is 38.9 Å². The van der Waals surface area contributed by atoms with Crippen LogP contribution in [0.3, 0.4) is 0 Å². The molecule has 1 atom stereocenters. The number of amides is 1. The molecular weight excluding hydrogens is 214 g/mol. The maximum atomic E-state index is 11.4. The molecule has 0 aliphatic heterocycles. The average molecular weight is 233 g/mol. The number of carbonyl (C=O) groups excluding carboxylic acids is 1.